The van der Waals surface area contributed by atoms with Gasteiger partial charge in [0.1, 0.15) is 12.2 Å². The Labute approximate surface area is 171 Å². The lowest BCUT2D eigenvalue weighted by molar-refractivity contribution is 0.0187. The molecule has 0 radical (unpaired) electrons. The zero-order chi connectivity index (χ0) is 20.3. The molecule has 2 aliphatic rings. The predicted molar refractivity (Wildman–Crippen MR) is 111 cm³/mol. The van der Waals surface area contributed by atoms with E-state index < -0.39 is 5.60 Å². The number of hydrogen-bond donors (Lipinski definition) is 1. The average molecular weight is 409 g/mol. The van der Waals surface area contributed by atoms with E-state index in [9.17, 15) is 4.79 Å². The molecule has 1 aromatic carbocycles. The third-order valence-corrected chi connectivity index (χ3v) is 5.22. The molecular formula is C20H29ClN4O3. The van der Waals surface area contributed by atoms with E-state index in [0.29, 0.717) is 43.1 Å². The molecule has 1 aromatic rings. The number of benzene rings is 1. The Morgan fingerprint density at radius 1 is 1.32 bits per heavy atom. The summed E-state index contributed by atoms with van der Waals surface area (Å²) in [6, 6.07) is 5.79. The van der Waals surface area contributed by atoms with Crippen LogP contribution in [-0.4, -0.2) is 48.7 Å². The standard InChI is InChI=1S/C20H29ClN4O3/c1-20(2,3)28-19(26)24-8-6-14(7-9-24)11-25-17-5-4-16(21)10-15(17)12-27-13-18(25)23-22/h4-5,10,14H,6-9,11-13,22H2,1-3H3/b23-18-. The van der Waals surface area contributed by atoms with Gasteiger partial charge in [-0.25, -0.2) is 4.79 Å². The Kier molecular flexibility index (Phi) is 6.35. The second-order valence-electron chi connectivity index (χ2n) is 8.33. The zero-order valence-electron chi connectivity index (χ0n) is 16.8. The SMILES string of the molecule is CC(C)(C)OC(=O)N1CCC(CN2/C(=N\N)COCc3cc(Cl)ccc32)CC1. The number of rotatable bonds is 2. The van der Waals surface area contributed by atoms with E-state index in [1.165, 1.54) is 0 Å². The highest BCUT2D eigenvalue weighted by atomic mass is 35.5. The van der Waals surface area contributed by atoms with Crippen molar-refractivity contribution in [1.29, 1.82) is 0 Å². The van der Waals surface area contributed by atoms with Crippen molar-refractivity contribution >= 4 is 29.2 Å². The average Bonchev–Trinajstić information content (AvgIpc) is 2.79. The van der Waals surface area contributed by atoms with Gasteiger partial charge in [0.25, 0.3) is 0 Å². The van der Waals surface area contributed by atoms with Crippen LogP contribution in [0.3, 0.4) is 0 Å². The number of nitrogens with two attached hydrogens (primary N) is 1. The largest absolute Gasteiger partial charge is 0.444 e. The van der Waals surface area contributed by atoms with Gasteiger partial charge in [-0.3, -0.25) is 0 Å². The van der Waals surface area contributed by atoms with Gasteiger partial charge in [-0.1, -0.05) is 11.6 Å². The van der Waals surface area contributed by atoms with Gasteiger partial charge in [-0.05, 0) is 57.7 Å². The summed E-state index contributed by atoms with van der Waals surface area (Å²) in [5.74, 6) is 6.76. The van der Waals surface area contributed by atoms with Crippen molar-refractivity contribution in [3.8, 4) is 0 Å². The molecule has 0 unspecified atom stereocenters. The summed E-state index contributed by atoms with van der Waals surface area (Å²) in [6.07, 6.45) is 1.56. The van der Waals surface area contributed by atoms with Crippen LogP contribution in [0.4, 0.5) is 10.5 Å². The van der Waals surface area contributed by atoms with Gasteiger partial charge in [0.05, 0.1) is 6.61 Å². The Morgan fingerprint density at radius 2 is 2.04 bits per heavy atom. The van der Waals surface area contributed by atoms with Crippen molar-refractivity contribution < 1.29 is 14.3 Å². The van der Waals surface area contributed by atoms with Gasteiger partial charge in [-0.2, -0.15) is 5.10 Å². The fourth-order valence-corrected chi connectivity index (χ4v) is 3.79. The summed E-state index contributed by atoms with van der Waals surface area (Å²) in [4.78, 5) is 16.2. The van der Waals surface area contributed by atoms with Crippen LogP contribution in [0.15, 0.2) is 23.3 Å². The number of hydrazone groups is 1. The van der Waals surface area contributed by atoms with E-state index in [4.69, 9.17) is 26.9 Å². The number of ether oxygens (including phenoxy) is 2. The zero-order valence-corrected chi connectivity index (χ0v) is 17.5. The first-order valence-corrected chi connectivity index (χ1v) is 10.0. The lowest BCUT2D eigenvalue weighted by Gasteiger charge is -2.36. The first-order valence-electron chi connectivity index (χ1n) is 9.65. The number of halogens is 1. The van der Waals surface area contributed by atoms with Crippen LogP contribution in [-0.2, 0) is 16.1 Å². The maximum atomic E-state index is 12.3. The van der Waals surface area contributed by atoms with E-state index in [1.807, 2.05) is 39.0 Å². The first-order chi connectivity index (χ1) is 13.3. The minimum atomic E-state index is -0.475. The Hall–Kier alpha value is -1.99. The second-order valence-corrected chi connectivity index (χ2v) is 8.77. The molecule has 1 saturated heterocycles. The fourth-order valence-electron chi connectivity index (χ4n) is 3.60. The van der Waals surface area contributed by atoms with Gasteiger partial charge in [-0.15, -0.1) is 0 Å². The molecule has 1 amide bonds. The summed E-state index contributed by atoms with van der Waals surface area (Å²) in [5, 5.41) is 4.64. The van der Waals surface area contributed by atoms with Crippen molar-refractivity contribution in [2.75, 3.05) is 31.1 Å². The van der Waals surface area contributed by atoms with Crippen molar-refractivity contribution in [1.82, 2.24) is 4.90 Å². The lowest BCUT2D eigenvalue weighted by atomic mass is 9.96. The third-order valence-electron chi connectivity index (χ3n) is 4.99. The van der Waals surface area contributed by atoms with E-state index in [2.05, 4.69) is 10.0 Å². The molecule has 2 heterocycles. The molecule has 0 saturated carbocycles. The molecule has 0 aromatic heterocycles. The summed E-state index contributed by atoms with van der Waals surface area (Å²) in [7, 11) is 0. The van der Waals surface area contributed by atoms with Crippen LogP contribution in [0.1, 0.15) is 39.2 Å². The number of amidine groups is 1. The van der Waals surface area contributed by atoms with Crippen molar-refractivity contribution in [3.05, 3.63) is 28.8 Å². The van der Waals surface area contributed by atoms with Gasteiger partial charge < -0.3 is 25.1 Å². The van der Waals surface area contributed by atoms with Gasteiger partial charge >= 0.3 is 6.09 Å². The third kappa shape index (κ3) is 5.08. The Bertz CT molecular complexity index is 739. The number of piperidine rings is 1. The minimum Gasteiger partial charge on any atom is -0.444 e. The molecule has 8 heteroatoms. The topological polar surface area (TPSA) is 80.4 Å². The van der Waals surface area contributed by atoms with Gasteiger partial charge in [0.15, 0.2) is 5.84 Å². The first kappa shape index (κ1) is 20.7. The van der Waals surface area contributed by atoms with Crippen LogP contribution in [0, 0.1) is 5.92 Å². The van der Waals surface area contributed by atoms with Crippen molar-refractivity contribution in [3.63, 3.8) is 0 Å². The molecule has 0 spiro atoms. The lowest BCUT2D eigenvalue weighted by Crippen LogP contribution is -2.45. The maximum Gasteiger partial charge on any atom is 0.410 e. The smallest absolute Gasteiger partial charge is 0.410 e. The highest BCUT2D eigenvalue weighted by Crippen LogP contribution is 2.30. The summed E-state index contributed by atoms with van der Waals surface area (Å²) in [6.45, 7) is 8.64. The number of fused-ring (bicyclic) bond motifs is 1. The minimum absolute atomic E-state index is 0.238. The second kappa shape index (κ2) is 8.57. The van der Waals surface area contributed by atoms with Crippen molar-refractivity contribution in [2.24, 2.45) is 16.9 Å². The van der Waals surface area contributed by atoms with E-state index in [1.54, 1.807) is 4.90 Å². The van der Waals surface area contributed by atoms with Gasteiger partial charge in [0.2, 0.25) is 0 Å². The van der Waals surface area contributed by atoms with Crippen LogP contribution in [0.25, 0.3) is 0 Å². The Morgan fingerprint density at radius 3 is 2.68 bits per heavy atom. The maximum absolute atomic E-state index is 12.3. The van der Waals surface area contributed by atoms with E-state index in [-0.39, 0.29) is 6.09 Å². The van der Waals surface area contributed by atoms with Crippen LogP contribution >= 0.6 is 11.6 Å². The van der Waals surface area contributed by atoms with Crippen LogP contribution in [0.2, 0.25) is 5.02 Å². The van der Waals surface area contributed by atoms with Crippen LogP contribution in [0.5, 0.6) is 0 Å². The molecule has 28 heavy (non-hydrogen) atoms. The van der Waals surface area contributed by atoms with E-state index in [0.717, 1.165) is 30.6 Å². The summed E-state index contributed by atoms with van der Waals surface area (Å²) in [5.41, 5.74) is 1.58. The number of nitrogens with zero attached hydrogens (tertiary/aromatic N) is 3. The van der Waals surface area contributed by atoms with Crippen molar-refractivity contribution in [2.45, 2.75) is 45.8 Å². The number of amides is 1. The number of hydrogen-bond acceptors (Lipinski definition) is 5. The molecule has 154 valence electrons. The molecule has 1 fully saturated rings. The molecule has 0 bridgehead atoms. The molecule has 3 rings (SSSR count). The normalized spacial score (nSPS) is 20.1. The fraction of sp³-hybridized carbons (Fsp3) is 0.600. The molecule has 2 N–H and O–H groups in total. The summed E-state index contributed by atoms with van der Waals surface area (Å²) < 4.78 is 11.2. The predicted octanol–water partition coefficient (Wildman–Crippen LogP) is 3.60. The number of carbonyl (C=O) groups excluding carboxylic acids is 1. The number of carbonyl (C=O) groups is 1. The Balaban J connectivity index is 1.67. The highest BCUT2D eigenvalue weighted by molar-refractivity contribution is 6.30. The molecule has 7 nitrogen and oxygen atoms in total. The van der Waals surface area contributed by atoms with Crippen LogP contribution < -0.4 is 10.7 Å². The monoisotopic (exact) mass is 408 g/mol. The summed E-state index contributed by atoms with van der Waals surface area (Å²) >= 11 is 6.15. The molecule has 0 atom stereocenters. The number of likely N-dealkylation sites (tertiary alicyclic amines) is 1. The van der Waals surface area contributed by atoms with Gasteiger partial charge in [0, 0.05) is 35.9 Å². The number of anilines is 1. The highest BCUT2D eigenvalue weighted by Gasteiger charge is 2.30. The quantitative estimate of drug-likeness (QED) is 0.597. The molecule has 2 aliphatic heterocycles. The van der Waals surface area contributed by atoms with E-state index >= 15 is 0 Å². The molecule has 0 aliphatic carbocycles. The molecular weight excluding hydrogens is 380 g/mol.